The summed E-state index contributed by atoms with van der Waals surface area (Å²) in [5, 5.41) is 18.9. The summed E-state index contributed by atoms with van der Waals surface area (Å²) >= 11 is 0. The molecule has 0 amide bonds. The largest absolute Gasteiger partial charge is 0.494 e. The van der Waals surface area contributed by atoms with E-state index in [9.17, 15) is 9.90 Å². The van der Waals surface area contributed by atoms with Crippen LogP contribution in [0.1, 0.15) is 42.2 Å². The molecule has 0 spiro atoms. The number of aromatic hydroxyl groups is 1. The van der Waals surface area contributed by atoms with Gasteiger partial charge >= 0.3 is 0 Å². The number of hydrogen-bond donors (Lipinski definition) is 1. The van der Waals surface area contributed by atoms with Crippen LogP contribution in [0.3, 0.4) is 0 Å². The number of aromatic nitrogens is 5. The number of nitrogens with zero attached hydrogens (tertiary/aromatic N) is 5. The molecule has 186 valence electrons. The lowest BCUT2D eigenvalue weighted by molar-refractivity contribution is 0.388. The number of para-hydroxylation sites is 1. The molecule has 0 aliphatic heterocycles. The molecule has 0 radical (unpaired) electrons. The SMILES string of the molecule is COc1cccc(OC)c1-n1c(CCC2CC2)nc(O)c(-c2nnc(Cc3ccc(C)cn3)o2)c1=O. The van der Waals surface area contributed by atoms with Gasteiger partial charge in [0.25, 0.3) is 11.4 Å². The second-order valence-electron chi connectivity index (χ2n) is 8.87. The molecule has 0 unspecified atom stereocenters. The van der Waals surface area contributed by atoms with E-state index in [-0.39, 0.29) is 23.8 Å². The van der Waals surface area contributed by atoms with Gasteiger partial charge in [-0.1, -0.05) is 25.0 Å². The van der Waals surface area contributed by atoms with Crippen LogP contribution in [0.5, 0.6) is 17.4 Å². The van der Waals surface area contributed by atoms with Crippen LogP contribution in [0, 0.1) is 12.8 Å². The first-order valence-corrected chi connectivity index (χ1v) is 11.8. The van der Waals surface area contributed by atoms with Gasteiger partial charge in [0.1, 0.15) is 23.0 Å². The van der Waals surface area contributed by atoms with Gasteiger partial charge in [-0.05, 0) is 43.0 Å². The number of ether oxygens (including phenoxy) is 2. The molecule has 3 aromatic heterocycles. The number of aryl methyl sites for hydroxylation is 2. The van der Waals surface area contributed by atoms with Crippen molar-refractivity contribution in [2.24, 2.45) is 5.92 Å². The van der Waals surface area contributed by atoms with Gasteiger partial charge in [-0.25, -0.2) is 0 Å². The van der Waals surface area contributed by atoms with Crippen LogP contribution in [0.25, 0.3) is 17.1 Å². The van der Waals surface area contributed by atoms with E-state index in [1.165, 1.54) is 18.8 Å². The van der Waals surface area contributed by atoms with Crippen LogP contribution in [0.4, 0.5) is 0 Å². The molecule has 0 atom stereocenters. The number of rotatable bonds is 9. The predicted molar refractivity (Wildman–Crippen MR) is 131 cm³/mol. The second-order valence-corrected chi connectivity index (χ2v) is 8.87. The molecule has 3 heterocycles. The van der Waals surface area contributed by atoms with E-state index >= 15 is 0 Å². The van der Waals surface area contributed by atoms with Crippen molar-refractivity contribution in [1.29, 1.82) is 0 Å². The maximum absolute atomic E-state index is 13.9. The quantitative estimate of drug-likeness (QED) is 0.375. The van der Waals surface area contributed by atoms with Crippen LogP contribution < -0.4 is 15.0 Å². The number of methoxy groups -OCH3 is 2. The molecule has 0 bridgehead atoms. The normalized spacial score (nSPS) is 13.1. The fraction of sp³-hybridized carbons (Fsp3) is 0.346. The van der Waals surface area contributed by atoms with Crippen LogP contribution in [-0.2, 0) is 12.8 Å². The van der Waals surface area contributed by atoms with Crippen LogP contribution in [0.2, 0.25) is 0 Å². The average Bonchev–Trinajstić information content (AvgIpc) is 3.61. The molecule has 1 saturated carbocycles. The van der Waals surface area contributed by atoms with Gasteiger partial charge in [-0.15, -0.1) is 10.2 Å². The Hall–Kier alpha value is -4.21. The zero-order valence-corrected chi connectivity index (χ0v) is 20.4. The van der Waals surface area contributed by atoms with Crippen LogP contribution in [-0.4, -0.2) is 44.1 Å². The van der Waals surface area contributed by atoms with Gasteiger partial charge in [0.05, 0.1) is 20.6 Å². The summed E-state index contributed by atoms with van der Waals surface area (Å²) in [4.78, 5) is 22.7. The van der Waals surface area contributed by atoms with E-state index < -0.39 is 11.4 Å². The molecule has 5 rings (SSSR count). The highest BCUT2D eigenvalue weighted by Gasteiger charge is 2.28. The summed E-state index contributed by atoms with van der Waals surface area (Å²) in [6, 6.07) is 9.05. The van der Waals surface area contributed by atoms with E-state index in [0.717, 1.165) is 30.5 Å². The summed E-state index contributed by atoms with van der Waals surface area (Å²) in [7, 11) is 3.04. The lowest BCUT2D eigenvalue weighted by atomic mass is 10.1. The molecule has 1 aromatic carbocycles. The minimum atomic E-state index is -0.556. The number of benzene rings is 1. The van der Waals surface area contributed by atoms with E-state index in [4.69, 9.17) is 13.9 Å². The molecule has 1 aliphatic carbocycles. The summed E-state index contributed by atoms with van der Waals surface area (Å²) in [5.41, 5.74) is 1.43. The number of pyridine rings is 1. The predicted octanol–water partition coefficient (Wildman–Crippen LogP) is 3.64. The topological polar surface area (TPSA) is 125 Å². The third-order valence-electron chi connectivity index (χ3n) is 6.22. The molecule has 0 saturated heterocycles. The Balaban J connectivity index is 1.62. The second kappa shape index (κ2) is 9.80. The molecular formula is C26H27N5O5. The maximum atomic E-state index is 13.9. The standard InChI is InChI=1S/C26H27N5O5/c1-15-7-11-17(27-14-15)13-21-29-30-25(36-21)22-24(32)28-20(12-10-16-8-9-16)31(26(22)33)23-18(34-2)5-4-6-19(23)35-3/h4-7,11,14,16,32H,8-10,12-13H2,1-3H3. The van der Waals surface area contributed by atoms with Crippen LogP contribution in [0.15, 0.2) is 45.7 Å². The monoisotopic (exact) mass is 489 g/mol. The van der Waals surface area contributed by atoms with Crippen molar-refractivity contribution in [1.82, 2.24) is 24.7 Å². The fourth-order valence-electron chi connectivity index (χ4n) is 4.11. The van der Waals surface area contributed by atoms with Gasteiger partial charge in [0.2, 0.25) is 11.8 Å². The van der Waals surface area contributed by atoms with Gasteiger partial charge in [-0.3, -0.25) is 14.3 Å². The fourth-order valence-corrected chi connectivity index (χ4v) is 4.11. The Morgan fingerprint density at radius 2 is 1.86 bits per heavy atom. The smallest absolute Gasteiger partial charge is 0.275 e. The molecule has 10 heteroatoms. The third-order valence-corrected chi connectivity index (χ3v) is 6.22. The summed E-state index contributed by atoms with van der Waals surface area (Å²) in [6.07, 6.45) is 5.72. The van der Waals surface area contributed by atoms with Crippen molar-refractivity contribution in [3.63, 3.8) is 0 Å². The highest BCUT2D eigenvalue weighted by molar-refractivity contribution is 5.63. The lowest BCUT2D eigenvalue weighted by Crippen LogP contribution is -2.26. The third kappa shape index (κ3) is 4.66. The molecule has 1 fully saturated rings. The maximum Gasteiger partial charge on any atom is 0.275 e. The van der Waals surface area contributed by atoms with Crippen molar-refractivity contribution in [2.75, 3.05) is 14.2 Å². The van der Waals surface area contributed by atoms with Crippen molar-refractivity contribution >= 4 is 0 Å². The van der Waals surface area contributed by atoms with E-state index in [2.05, 4.69) is 20.2 Å². The lowest BCUT2D eigenvalue weighted by Gasteiger charge is -2.18. The first-order valence-electron chi connectivity index (χ1n) is 11.8. The van der Waals surface area contributed by atoms with Gasteiger partial charge < -0.3 is 19.0 Å². The summed E-state index contributed by atoms with van der Waals surface area (Å²) in [6.45, 7) is 1.95. The Morgan fingerprint density at radius 3 is 2.50 bits per heavy atom. The Labute approximate surface area is 207 Å². The van der Waals surface area contributed by atoms with E-state index in [1.807, 2.05) is 19.1 Å². The molecule has 10 nitrogen and oxygen atoms in total. The zero-order chi connectivity index (χ0) is 25.2. The first-order chi connectivity index (χ1) is 17.5. The van der Waals surface area contributed by atoms with E-state index in [0.29, 0.717) is 35.3 Å². The number of hydrogen-bond acceptors (Lipinski definition) is 9. The summed E-state index contributed by atoms with van der Waals surface area (Å²) < 4.78 is 18.3. The van der Waals surface area contributed by atoms with Crippen molar-refractivity contribution in [2.45, 2.75) is 39.0 Å². The van der Waals surface area contributed by atoms with Gasteiger partial charge in [0.15, 0.2) is 5.56 Å². The van der Waals surface area contributed by atoms with Gasteiger partial charge in [-0.2, -0.15) is 4.98 Å². The Bertz CT molecular complexity index is 1420. The zero-order valence-electron chi connectivity index (χ0n) is 20.4. The minimum Gasteiger partial charge on any atom is -0.494 e. The molecule has 1 N–H and O–H groups in total. The molecule has 4 aromatic rings. The average molecular weight is 490 g/mol. The highest BCUT2D eigenvalue weighted by Crippen LogP contribution is 2.36. The van der Waals surface area contributed by atoms with Crippen molar-refractivity contribution in [3.05, 3.63) is 69.9 Å². The van der Waals surface area contributed by atoms with E-state index in [1.54, 1.807) is 24.4 Å². The Morgan fingerprint density at radius 1 is 1.11 bits per heavy atom. The molecule has 36 heavy (non-hydrogen) atoms. The molecular weight excluding hydrogens is 462 g/mol. The first kappa shape index (κ1) is 23.5. The Kier molecular flexibility index (Phi) is 6.41. The van der Waals surface area contributed by atoms with Crippen molar-refractivity contribution in [3.8, 4) is 34.5 Å². The van der Waals surface area contributed by atoms with Crippen molar-refractivity contribution < 1.29 is 19.0 Å². The van der Waals surface area contributed by atoms with Gasteiger partial charge in [0, 0.05) is 18.3 Å². The highest BCUT2D eigenvalue weighted by atomic mass is 16.5. The summed E-state index contributed by atoms with van der Waals surface area (Å²) in [5.74, 6) is 1.55. The minimum absolute atomic E-state index is 0.122. The van der Waals surface area contributed by atoms with Crippen LogP contribution >= 0.6 is 0 Å². The molecule has 1 aliphatic rings.